The Hall–Kier alpha value is -1.94. The van der Waals surface area contributed by atoms with Crippen LogP contribution in [-0.4, -0.2) is 12.2 Å². The van der Waals surface area contributed by atoms with Gasteiger partial charge in [-0.2, -0.15) is 0 Å². The molecule has 0 fully saturated rings. The van der Waals surface area contributed by atoms with E-state index in [4.69, 9.17) is 9.15 Å². The molecule has 2 N–H and O–H groups in total. The SMILES string of the molecule is COc1ccc(O)c(C(C)N[C@H](C)c2ccco2)c1. The van der Waals surface area contributed by atoms with E-state index in [2.05, 4.69) is 5.32 Å². The lowest BCUT2D eigenvalue weighted by Gasteiger charge is -2.20. The first-order valence-electron chi connectivity index (χ1n) is 6.28. The second-order valence-corrected chi connectivity index (χ2v) is 4.55. The van der Waals surface area contributed by atoms with Crippen molar-refractivity contribution in [3.05, 3.63) is 47.9 Å². The van der Waals surface area contributed by atoms with Crippen molar-refractivity contribution >= 4 is 0 Å². The molecule has 0 aliphatic rings. The van der Waals surface area contributed by atoms with Crippen molar-refractivity contribution < 1.29 is 14.3 Å². The maximum absolute atomic E-state index is 9.93. The molecule has 0 radical (unpaired) electrons. The maximum atomic E-state index is 9.93. The summed E-state index contributed by atoms with van der Waals surface area (Å²) >= 11 is 0. The van der Waals surface area contributed by atoms with Gasteiger partial charge in [-0.3, -0.25) is 0 Å². The van der Waals surface area contributed by atoms with Gasteiger partial charge in [-0.05, 0) is 44.2 Å². The first kappa shape index (κ1) is 13.5. The van der Waals surface area contributed by atoms with Crippen LogP contribution in [-0.2, 0) is 0 Å². The van der Waals surface area contributed by atoms with Crippen molar-refractivity contribution in [3.63, 3.8) is 0 Å². The average Bonchev–Trinajstić information content (AvgIpc) is 2.93. The van der Waals surface area contributed by atoms with E-state index >= 15 is 0 Å². The minimum absolute atomic E-state index is 0.0183. The number of phenolic OH excluding ortho intramolecular Hbond substituents is 1. The smallest absolute Gasteiger partial charge is 0.120 e. The van der Waals surface area contributed by atoms with E-state index in [0.29, 0.717) is 0 Å². The van der Waals surface area contributed by atoms with Gasteiger partial charge in [0.2, 0.25) is 0 Å². The summed E-state index contributed by atoms with van der Waals surface area (Å²) < 4.78 is 10.5. The fourth-order valence-corrected chi connectivity index (χ4v) is 2.09. The molecule has 2 atom stereocenters. The van der Waals surface area contributed by atoms with Gasteiger partial charge in [-0.15, -0.1) is 0 Å². The van der Waals surface area contributed by atoms with Crippen LogP contribution in [0.1, 0.15) is 37.3 Å². The Bertz CT molecular complexity index is 522. The molecule has 102 valence electrons. The quantitative estimate of drug-likeness (QED) is 0.866. The van der Waals surface area contributed by atoms with Gasteiger partial charge < -0.3 is 19.6 Å². The number of furan rings is 1. The monoisotopic (exact) mass is 261 g/mol. The Labute approximate surface area is 113 Å². The van der Waals surface area contributed by atoms with Crippen molar-refractivity contribution in [2.75, 3.05) is 7.11 Å². The molecule has 0 aliphatic carbocycles. The highest BCUT2D eigenvalue weighted by atomic mass is 16.5. The van der Waals surface area contributed by atoms with Crippen molar-refractivity contribution in [3.8, 4) is 11.5 Å². The fourth-order valence-electron chi connectivity index (χ4n) is 2.09. The van der Waals surface area contributed by atoms with Crippen molar-refractivity contribution in [2.45, 2.75) is 25.9 Å². The molecule has 2 aromatic rings. The molecule has 0 spiro atoms. The van der Waals surface area contributed by atoms with Gasteiger partial charge >= 0.3 is 0 Å². The Morgan fingerprint density at radius 1 is 1.21 bits per heavy atom. The zero-order valence-electron chi connectivity index (χ0n) is 11.4. The molecule has 1 unspecified atom stereocenters. The number of nitrogens with one attached hydrogen (secondary N) is 1. The molecule has 19 heavy (non-hydrogen) atoms. The second-order valence-electron chi connectivity index (χ2n) is 4.55. The molecule has 1 aromatic carbocycles. The minimum atomic E-state index is -0.0183. The van der Waals surface area contributed by atoms with Gasteiger partial charge in [-0.25, -0.2) is 0 Å². The van der Waals surface area contributed by atoms with Gasteiger partial charge in [0.05, 0.1) is 19.4 Å². The number of benzene rings is 1. The van der Waals surface area contributed by atoms with Gasteiger partial charge in [0.25, 0.3) is 0 Å². The first-order chi connectivity index (χ1) is 9.11. The van der Waals surface area contributed by atoms with E-state index in [1.54, 1.807) is 25.5 Å². The third-order valence-electron chi connectivity index (χ3n) is 3.17. The summed E-state index contributed by atoms with van der Waals surface area (Å²) in [6, 6.07) is 9.05. The molecule has 0 aliphatic heterocycles. The summed E-state index contributed by atoms with van der Waals surface area (Å²) in [6.07, 6.45) is 1.65. The molecule has 0 bridgehead atoms. The molecular formula is C15H19NO3. The third-order valence-corrected chi connectivity index (χ3v) is 3.17. The van der Waals surface area contributed by atoms with Gasteiger partial charge in [0.1, 0.15) is 17.3 Å². The van der Waals surface area contributed by atoms with Crippen LogP contribution in [0.5, 0.6) is 11.5 Å². The Kier molecular flexibility index (Phi) is 4.12. The van der Waals surface area contributed by atoms with Crippen LogP contribution in [0.15, 0.2) is 41.0 Å². The van der Waals surface area contributed by atoms with Gasteiger partial charge in [-0.1, -0.05) is 0 Å². The number of hydrogen-bond donors (Lipinski definition) is 2. The van der Waals surface area contributed by atoms with Crippen LogP contribution in [0, 0.1) is 0 Å². The molecule has 2 rings (SSSR count). The third kappa shape index (κ3) is 3.09. The van der Waals surface area contributed by atoms with Crippen LogP contribution in [0.25, 0.3) is 0 Å². The number of ether oxygens (including phenoxy) is 1. The molecule has 1 heterocycles. The fraction of sp³-hybridized carbons (Fsp3) is 0.333. The molecule has 4 nitrogen and oxygen atoms in total. The highest BCUT2D eigenvalue weighted by Crippen LogP contribution is 2.29. The van der Waals surface area contributed by atoms with Crippen LogP contribution in [0.2, 0.25) is 0 Å². The largest absolute Gasteiger partial charge is 0.508 e. The van der Waals surface area contributed by atoms with Gasteiger partial charge in [0.15, 0.2) is 0 Å². The van der Waals surface area contributed by atoms with Crippen molar-refractivity contribution in [1.29, 1.82) is 0 Å². The number of hydrogen-bond acceptors (Lipinski definition) is 4. The highest BCUT2D eigenvalue weighted by Gasteiger charge is 2.16. The lowest BCUT2D eigenvalue weighted by molar-refractivity contribution is 0.386. The van der Waals surface area contributed by atoms with Crippen LogP contribution in [0.3, 0.4) is 0 Å². The predicted molar refractivity (Wildman–Crippen MR) is 73.3 cm³/mol. The summed E-state index contributed by atoms with van der Waals surface area (Å²) in [5, 5.41) is 13.3. The van der Waals surface area contributed by atoms with E-state index in [1.165, 1.54) is 0 Å². The number of aromatic hydroxyl groups is 1. The topological polar surface area (TPSA) is 54.6 Å². The van der Waals surface area contributed by atoms with E-state index < -0.39 is 0 Å². The van der Waals surface area contributed by atoms with Crippen LogP contribution in [0.4, 0.5) is 0 Å². The number of rotatable bonds is 5. The molecule has 0 saturated carbocycles. The first-order valence-corrected chi connectivity index (χ1v) is 6.28. The highest BCUT2D eigenvalue weighted by molar-refractivity contribution is 5.41. The van der Waals surface area contributed by atoms with Crippen LogP contribution >= 0.6 is 0 Å². The lowest BCUT2D eigenvalue weighted by Crippen LogP contribution is -2.22. The van der Waals surface area contributed by atoms with E-state index in [-0.39, 0.29) is 17.8 Å². The van der Waals surface area contributed by atoms with Crippen molar-refractivity contribution in [1.82, 2.24) is 5.32 Å². The van der Waals surface area contributed by atoms with E-state index in [0.717, 1.165) is 17.1 Å². The minimum Gasteiger partial charge on any atom is -0.508 e. The summed E-state index contributed by atoms with van der Waals surface area (Å²) in [5.74, 6) is 1.86. The summed E-state index contributed by atoms with van der Waals surface area (Å²) in [4.78, 5) is 0. The normalized spacial score (nSPS) is 14.1. The van der Waals surface area contributed by atoms with E-state index in [9.17, 15) is 5.11 Å². The molecule has 4 heteroatoms. The lowest BCUT2D eigenvalue weighted by atomic mass is 10.1. The molecule has 0 amide bonds. The molecular weight excluding hydrogens is 242 g/mol. The van der Waals surface area contributed by atoms with Gasteiger partial charge in [0, 0.05) is 11.6 Å². The van der Waals surface area contributed by atoms with Crippen LogP contribution < -0.4 is 10.1 Å². The number of methoxy groups -OCH3 is 1. The zero-order chi connectivity index (χ0) is 13.8. The summed E-state index contributed by atoms with van der Waals surface area (Å²) in [6.45, 7) is 4.01. The Morgan fingerprint density at radius 3 is 2.63 bits per heavy atom. The Balaban J connectivity index is 2.13. The summed E-state index contributed by atoms with van der Waals surface area (Å²) in [5.41, 5.74) is 0.803. The maximum Gasteiger partial charge on any atom is 0.120 e. The Morgan fingerprint density at radius 2 is 2.00 bits per heavy atom. The van der Waals surface area contributed by atoms with E-state index in [1.807, 2.05) is 32.0 Å². The average molecular weight is 261 g/mol. The predicted octanol–water partition coefficient (Wildman–Crippen LogP) is 3.41. The standard InChI is InChI=1S/C15H19NO3/c1-10(16-11(2)15-5-4-8-19-15)13-9-12(18-3)6-7-14(13)17/h4-11,16-17H,1-3H3/t10?,11-/m1/s1. The molecule has 1 aromatic heterocycles. The van der Waals surface area contributed by atoms with Crippen molar-refractivity contribution in [2.24, 2.45) is 0 Å². The molecule has 0 saturated heterocycles. The summed E-state index contributed by atoms with van der Waals surface area (Å²) in [7, 11) is 1.61. The second kappa shape index (κ2) is 5.80. The zero-order valence-corrected chi connectivity index (χ0v) is 11.4. The number of phenols is 1.